The molecule has 24 heavy (non-hydrogen) atoms. The number of hydrogen-bond acceptors (Lipinski definition) is 3. The zero-order valence-electron chi connectivity index (χ0n) is 15.9. The molecule has 0 aliphatic rings. The van der Waals surface area contributed by atoms with Gasteiger partial charge in [-0.15, -0.1) is 0 Å². The summed E-state index contributed by atoms with van der Waals surface area (Å²) in [7, 11) is 0. The van der Waals surface area contributed by atoms with Gasteiger partial charge in [-0.1, -0.05) is 32.9 Å². The minimum atomic E-state index is -0.396. The lowest BCUT2D eigenvalue weighted by molar-refractivity contribution is 0.0609. The van der Waals surface area contributed by atoms with E-state index in [1.54, 1.807) is 4.90 Å². The summed E-state index contributed by atoms with van der Waals surface area (Å²) in [6, 6.07) is 7.88. The van der Waals surface area contributed by atoms with Crippen LogP contribution in [0.5, 0.6) is 0 Å². The molecule has 5 nitrogen and oxygen atoms in total. The molecule has 2 atom stereocenters. The van der Waals surface area contributed by atoms with Crippen LogP contribution in [0.4, 0.5) is 10.5 Å². The third-order valence-electron chi connectivity index (χ3n) is 4.33. The third kappa shape index (κ3) is 6.13. The first-order chi connectivity index (χ1) is 11.2. The molecule has 3 N–H and O–H groups in total. The number of nitrogens with one attached hydrogen (secondary N) is 2. The molecule has 1 aromatic carbocycles. The van der Waals surface area contributed by atoms with Gasteiger partial charge in [-0.3, -0.25) is 0 Å². The molecule has 1 aromatic rings. The Labute approximate surface area is 146 Å². The van der Waals surface area contributed by atoms with Gasteiger partial charge >= 0.3 is 6.03 Å². The van der Waals surface area contributed by atoms with E-state index in [-0.39, 0.29) is 17.5 Å². The number of rotatable bonds is 7. The minimum Gasteiger partial charge on any atom is -0.391 e. The maximum Gasteiger partial charge on any atom is 0.321 e. The Hall–Kier alpha value is -1.59. The van der Waals surface area contributed by atoms with E-state index >= 15 is 0 Å². The Balaban J connectivity index is 2.59. The molecule has 0 spiro atoms. The topological polar surface area (TPSA) is 64.6 Å². The Morgan fingerprint density at radius 1 is 1.17 bits per heavy atom. The molecule has 0 radical (unpaired) electrons. The molecular formula is C19H33N3O2. The summed E-state index contributed by atoms with van der Waals surface area (Å²) in [5.41, 5.74) is 1.78. The van der Waals surface area contributed by atoms with E-state index in [0.717, 1.165) is 11.3 Å². The quantitative estimate of drug-likeness (QED) is 0.713. The van der Waals surface area contributed by atoms with Crippen molar-refractivity contribution in [3.8, 4) is 0 Å². The van der Waals surface area contributed by atoms with Gasteiger partial charge in [-0.2, -0.15) is 0 Å². The number of urea groups is 1. The fourth-order valence-corrected chi connectivity index (χ4v) is 2.28. The first-order valence-corrected chi connectivity index (χ1v) is 8.76. The molecule has 2 unspecified atom stereocenters. The van der Waals surface area contributed by atoms with Crippen molar-refractivity contribution in [1.29, 1.82) is 0 Å². The zero-order chi connectivity index (χ0) is 18.3. The van der Waals surface area contributed by atoms with E-state index in [1.807, 2.05) is 58.9 Å². The summed E-state index contributed by atoms with van der Waals surface area (Å²) in [6.07, 6.45) is -0.396. The van der Waals surface area contributed by atoms with Gasteiger partial charge in [0.1, 0.15) is 0 Å². The van der Waals surface area contributed by atoms with Crippen molar-refractivity contribution < 1.29 is 9.90 Å². The average molecular weight is 335 g/mol. The van der Waals surface area contributed by atoms with Gasteiger partial charge in [0, 0.05) is 31.4 Å². The number of carbonyl (C=O) groups is 1. The number of benzene rings is 1. The number of carbonyl (C=O) groups excluding carboxylic acids is 1. The van der Waals surface area contributed by atoms with Crippen molar-refractivity contribution in [2.24, 2.45) is 5.41 Å². The third-order valence-corrected chi connectivity index (χ3v) is 4.33. The number of aliphatic hydroxyl groups is 1. The fraction of sp³-hybridized carbons (Fsp3) is 0.632. The normalized spacial score (nSPS) is 14.1. The second-order valence-corrected chi connectivity index (χ2v) is 7.24. The summed E-state index contributed by atoms with van der Waals surface area (Å²) in [4.78, 5) is 13.8. The second-order valence-electron chi connectivity index (χ2n) is 7.24. The van der Waals surface area contributed by atoms with Crippen LogP contribution in [0, 0.1) is 5.41 Å². The number of amides is 2. The van der Waals surface area contributed by atoms with E-state index in [2.05, 4.69) is 17.6 Å². The lowest BCUT2D eigenvalue weighted by Gasteiger charge is -2.27. The van der Waals surface area contributed by atoms with Gasteiger partial charge in [0.2, 0.25) is 0 Å². The Morgan fingerprint density at radius 3 is 2.17 bits per heavy atom. The van der Waals surface area contributed by atoms with Crippen molar-refractivity contribution >= 4 is 11.7 Å². The highest BCUT2D eigenvalue weighted by Gasteiger charge is 2.22. The van der Waals surface area contributed by atoms with Crippen LogP contribution in [0.25, 0.3) is 0 Å². The van der Waals surface area contributed by atoms with Gasteiger partial charge in [0.25, 0.3) is 0 Å². The number of anilines is 1. The summed E-state index contributed by atoms with van der Waals surface area (Å²) in [5, 5.41) is 16.4. The highest BCUT2D eigenvalue weighted by atomic mass is 16.3. The SMILES string of the molecule is CCN(CC)C(=O)Nc1ccc(C(C)NCC(O)C(C)(C)C)cc1. The van der Waals surface area contributed by atoms with Crippen LogP contribution in [0.2, 0.25) is 0 Å². The highest BCUT2D eigenvalue weighted by molar-refractivity contribution is 5.89. The maximum absolute atomic E-state index is 12.0. The summed E-state index contributed by atoms with van der Waals surface area (Å²) in [5.74, 6) is 0. The van der Waals surface area contributed by atoms with Crippen LogP contribution >= 0.6 is 0 Å². The molecule has 0 fully saturated rings. The van der Waals surface area contributed by atoms with Crippen LogP contribution in [0.15, 0.2) is 24.3 Å². The smallest absolute Gasteiger partial charge is 0.321 e. The highest BCUT2D eigenvalue weighted by Crippen LogP contribution is 2.20. The van der Waals surface area contributed by atoms with Crippen LogP contribution in [0.3, 0.4) is 0 Å². The molecule has 0 bridgehead atoms. The fourth-order valence-electron chi connectivity index (χ4n) is 2.28. The van der Waals surface area contributed by atoms with Crippen molar-refractivity contribution in [3.05, 3.63) is 29.8 Å². The summed E-state index contributed by atoms with van der Waals surface area (Å²) < 4.78 is 0. The standard InChI is InChI=1S/C19H33N3O2/c1-7-22(8-2)18(24)21-16-11-9-15(10-12-16)14(3)20-13-17(23)19(4,5)6/h9-12,14,17,20,23H,7-8,13H2,1-6H3,(H,21,24). The van der Waals surface area contributed by atoms with E-state index < -0.39 is 6.10 Å². The first-order valence-electron chi connectivity index (χ1n) is 8.76. The first kappa shape index (κ1) is 20.5. The average Bonchev–Trinajstić information content (AvgIpc) is 2.53. The lowest BCUT2D eigenvalue weighted by Crippen LogP contribution is -2.37. The van der Waals surface area contributed by atoms with E-state index in [0.29, 0.717) is 19.6 Å². The molecular weight excluding hydrogens is 302 g/mol. The van der Waals surface area contributed by atoms with Crippen molar-refractivity contribution in [3.63, 3.8) is 0 Å². The van der Waals surface area contributed by atoms with Crippen LogP contribution < -0.4 is 10.6 Å². The summed E-state index contributed by atoms with van der Waals surface area (Å²) in [6.45, 7) is 14.0. The molecule has 0 aromatic heterocycles. The molecule has 5 heteroatoms. The molecule has 0 heterocycles. The van der Waals surface area contributed by atoms with Crippen LogP contribution in [-0.4, -0.2) is 41.8 Å². The molecule has 0 aliphatic heterocycles. The van der Waals surface area contributed by atoms with Gasteiger partial charge < -0.3 is 20.6 Å². The number of aliphatic hydroxyl groups excluding tert-OH is 1. The van der Waals surface area contributed by atoms with E-state index in [9.17, 15) is 9.90 Å². The predicted octanol–water partition coefficient (Wildman–Crippen LogP) is 3.62. The Bertz CT molecular complexity index is 504. The maximum atomic E-state index is 12.0. The van der Waals surface area contributed by atoms with Gasteiger partial charge in [0.05, 0.1) is 6.10 Å². The predicted molar refractivity (Wildman–Crippen MR) is 100 cm³/mol. The van der Waals surface area contributed by atoms with Crippen molar-refractivity contribution in [1.82, 2.24) is 10.2 Å². The van der Waals surface area contributed by atoms with Crippen LogP contribution in [0.1, 0.15) is 53.1 Å². The van der Waals surface area contributed by atoms with E-state index in [1.165, 1.54) is 0 Å². The zero-order valence-corrected chi connectivity index (χ0v) is 15.9. The molecule has 0 aliphatic carbocycles. The lowest BCUT2D eigenvalue weighted by atomic mass is 9.89. The minimum absolute atomic E-state index is 0.0766. The largest absolute Gasteiger partial charge is 0.391 e. The van der Waals surface area contributed by atoms with Gasteiger partial charge in [-0.05, 0) is 43.9 Å². The molecule has 0 saturated carbocycles. The Morgan fingerprint density at radius 2 is 1.71 bits per heavy atom. The molecule has 136 valence electrons. The van der Waals surface area contributed by atoms with Crippen molar-refractivity contribution in [2.75, 3.05) is 25.0 Å². The van der Waals surface area contributed by atoms with Gasteiger partial charge in [-0.25, -0.2) is 4.79 Å². The Kier molecular flexibility index (Phi) is 7.70. The van der Waals surface area contributed by atoms with E-state index in [4.69, 9.17) is 0 Å². The number of nitrogens with zero attached hydrogens (tertiary/aromatic N) is 1. The molecule has 1 rings (SSSR count). The second kappa shape index (κ2) is 9.04. The molecule has 2 amide bonds. The van der Waals surface area contributed by atoms with Crippen molar-refractivity contribution in [2.45, 2.75) is 53.7 Å². The van der Waals surface area contributed by atoms with Gasteiger partial charge in [0.15, 0.2) is 0 Å². The molecule has 0 saturated heterocycles. The monoisotopic (exact) mass is 335 g/mol. The van der Waals surface area contributed by atoms with Crippen LogP contribution in [-0.2, 0) is 0 Å². The summed E-state index contributed by atoms with van der Waals surface area (Å²) >= 11 is 0. The number of hydrogen-bond donors (Lipinski definition) is 3.